The van der Waals surface area contributed by atoms with E-state index in [2.05, 4.69) is 4.98 Å². The first-order chi connectivity index (χ1) is 15.8. The number of ether oxygens (including phenoxy) is 2. The molecule has 33 heavy (non-hydrogen) atoms. The summed E-state index contributed by atoms with van der Waals surface area (Å²) in [4.78, 5) is 32.0. The van der Waals surface area contributed by atoms with Crippen LogP contribution in [0.1, 0.15) is 28.6 Å². The lowest BCUT2D eigenvalue weighted by molar-refractivity contribution is -0.140. The molecule has 1 saturated heterocycles. The van der Waals surface area contributed by atoms with Crippen molar-refractivity contribution >= 4 is 23.1 Å². The van der Waals surface area contributed by atoms with E-state index in [1.54, 1.807) is 19.1 Å². The molecule has 0 saturated carbocycles. The molecule has 1 unspecified atom stereocenters. The highest BCUT2D eigenvalue weighted by Crippen LogP contribution is 2.42. The second-order valence-corrected chi connectivity index (χ2v) is 7.85. The number of carbonyl (C=O) groups is 2. The number of fused-ring (bicyclic) bond motifs is 1. The highest BCUT2D eigenvalue weighted by molar-refractivity contribution is 6.46. The Morgan fingerprint density at radius 1 is 1.18 bits per heavy atom. The third-order valence-corrected chi connectivity index (χ3v) is 5.90. The number of amides is 1. The molecule has 1 aromatic carbocycles. The smallest absolute Gasteiger partial charge is 0.295 e. The van der Waals surface area contributed by atoms with E-state index < -0.39 is 17.7 Å². The predicted octanol–water partition coefficient (Wildman–Crippen LogP) is 2.73. The molecule has 3 aromatic rings. The number of methoxy groups -OCH3 is 2. The zero-order valence-corrected chi connectivity index (χ0v) is 18.8. The second-order valence-electron chi connectivity index (χ2n) is 7.85. The van der Waals surface area contributed by atoms with Gasteiger partial charge in [-0.2, -0.15) is 0 Å². The molecule has 9 nitrogen and oxygen atoms in total. The first-order valence-electron chi connectivity index (χ1n) is 10.4. The van der Waals surface area contributed by atoms with E-state index in [4.69, 9.17) is 9.47 Å². The Hall–Kier alpha value is -3.85. The summed E-state index contributed by atoms with van der Waals surface area (Å²) in [5.74, 6) is -1.81. The van der Waals surface area contributed by atoms with Crippen LogP contribution in [0.4, 0.5) is 0 Å². The van der Waals surface area contributed by atoms with Crippen molar-refractivity contribution in [3.05, 3.63) is 64.6 Å². The lowest BCUT2D eigenvalue weighted by Crippen LogP contribution is -2.32. The van der Waals surface area contributed by atoms with Crippen LogP contribution in [-0.2, 0) is 14.3 Å². The Bertz CT molecular complexity index is 1290. The van der Waals surface area contributed by atoms with E-state index >= 15 is 0 Å². The molecular formula is C24H25N3O6. The van der Waals surface area contributed by atoms with Crippen LogP contribution in [0.3, 0.4) is 0 Å². The summed E-state index contributed by atoms with van der Waals surface area (Å²) < 4.78 is 12.2. The number of carbonyl (C=O) groups excluding carboxylic acids is 2. The number of phenolic OH excluding ortho intramolecular Hbond substituents is 1. The zero-order chi connectivity index (χ0) is 23.9. The Balaban J connectivity index is 1.95. The number of aryl methyl sites for hydroxylation is 2. The van der Waals surface area contributed by atoms with Crippen molar-refractivity contribution in [3.8, 4) is 11.5 Å². The largest absolute Gasteiger partial charge is 0.505 e. The fourth-order valence-corrected chi connectivity index (χ4v) is 4.19. The van der Waals surface area contributed by atoms with Crippen molar-refractivity contribution in [2.24, 2.45) is 0 Å². The van der Waals surface area contributed by atoms with E-state index in [0.717, 1.165) is 5.56 Å². The topological polar surface area (TPSA) is 114 Å². The number of hydrogen-bond donors (Lipinski definition) is 2. The maximum absolute atomic E-state index is 13.1. The van der Waals surface area contributed by atoms with Gasteiger partial charge in [0.05, 0.1) is 31.0 Å². The molecule has 172 valence electrons. The van der Waals surface area contributed by atoms with Gasteiger partial charge in [0.2, 0.25) is 0 Å². The van der Waals surface area contributed by atoms with Gasteiger partial charge in [-0.3, -0.25) is 9.59 Å². The van der Waals surface area contributed by atoms with Crippen LogP contribution < -0.4 is 4.74 Å². The number of pyridine rings is 1. The molecule has 0 radical (unpaired) electrons. The maximum atomic E-state index is 13.1. The zero-order valence-electron chi connectivity index (χ0n) is 18.8. The Kier molecular flexibility index (Phi) is 5.82. The Morgan fingerprint density at radius 2 is 1.94 bits per heavy atom. The summed E-state index contributed by atoms with van der Waals surface area (Å²) in [5, 5.41) is 21.3. The molecule has 1 aliphatic rings. The van der Waals surface area contributed by atoms with E-state index in [-0.39, 0.29) is 41.7 Å². The number of aromatic nitrogens is 2. The monoisotopic (exact) mass is 451 g/mol. The van der Waals surface area contributed by atoms with Crippen LogP contribution in [0.15, 0.2) is 42.1 Å². The summed E-state index contributed by atoms with van der Waals surface area (Å²) in [7, 11) is 2.90. The van der Waals surface area contributed by atoms with Gasteiger partial charge in [0.15, 0.2) is 17.3 Å². The predicted molar refractivity (Wildman–Crippen MR) is 120 cm³/mol. The van der Waals surface area contributed by atoms with Crippen molar-refractivity contribution in [2.45, 2.75) is 19.9 Å². The number of aromatic hydroxyl groups is 1. The first-order valence-corrected chi connectivity index (χ1v) is 10.4. The number of hydrogen-bond acceptors (Lipinski definition) is 7. The second kappa shape index (κ2) is 8.59. The average molecular weight is 451 g/mol. The highest BCUT2D eigenvalue weighted by Gasteiger charge is 2.46. The van der Waals surface area contributed by atoms with E-state index in [0.29, 0.717) is 16.9 Å². The summed E-state index contributed by atoms with van der Waals surface area (Å²) in [6.45, 7) is 4.02. The van der Waals surface area contributed by atoms with Crippen LogP contribution >= 0.6 is 0 Å². The Morgan fingerprint density at radius 3 is 2.61 bits per heavy atom. The normalized spacial score (nSPS) is 17.8. The molecule has 0 aliphatic carbocycles. The van der Waals surface area contributed by atoms with Gasteiger partial charge in [0.25, 0.3) is 11.7 Å². The number of nitrogens with zero attached hydrogens (tertiary/aromatic N) is 3. The molecule has 1 aliphatic heterocycles. The van der Waals surface area contributed by atoms with Gasteiger partial charge >= 0.3 is 0 Å². The molecule has 2 N–H and O–H groups in total. The van der Waals surface area contributed by atoms with Gasteiger partial charge in [-0.15, -0.1) is 0 Å². The molecule has 1 amide bonds. The summed E-state index contributed by atoms with van der Waals surface area (Å²) in [6, 6.07) is 7.41. The summed E-state index contributed by atoms with van der Waals surface area (Å²) >= 11 is 0. The van der Waals surface area contributed by atoms with Crippen LogP contribution in [0.25, 0.3) is 11.4 Å². The lowest BCUT2D eigenvalue weighted by Gasteiger charge is -2.25. The van der Waals surface area contributed by atoms with Crippen molar-refractivity contribution in [1.29, 1.82) is 0 Å². The van der Waals surface area contributed by atoms with Crippen molar-refractivity contribution in [2.75, 3.05) is 27.4 Å². The molecule has 4 rings (SSSR count). The minimum absolute atomic E-state index is 0.0759. The van der Waals surface area contributed by atoms with E-state index in [1.165, 1.54) is 25.2 Å². The lowest BCUT2D eigenvalue weighted by atomic mass is 9.96. The molecular weight excluding hydrogens is 426 g/mol. The summed E-state index contributed by atoms with van der Waals surface area (Å²) in [6.07, 6.45) is 1.82. The van der Waals surface area contributed by atoms with Crippen molar-refractivity contribution in [1.82, 2.24) is 14.3 Å². The standard InChI is InChI=1S/C24H25N3O6/c1-13-6-5-9-26-14(2)19(25-23(13)26)21(29)18-20(15-7-8-16(28)17(12-15)33-4)27(10-11-32-3)24(31)22(18)30/h5-9,12,20,28-29H,10-11H2,1-4H3. The summed E-state index contributed by atoms with van der Waals surface area (Å²) in [5.41, 5.74) is 2.83. The first kappa shape index (κ1) is 22.3. The van der Waals surface area contributed by atoms with Gasteiger partial charge < -0.3 is 29.0 Å². The van der Waals surface area contributed by atoms with Gasteiger partial charge in [0.1, 0.15) is 11.3 Å². The quantitative estimate of drug-likeness (QED) is 0.337. The number of benzene rings is 1. The van der Waals surface area contributed by atoms with Crippen molar-refractivity contribution < 1.29 is 29.3 Å². The number of ketones is 1. The van der Waals surface area contributed by atoms with E-state index in [9.17, 15) is 19.8 Å². The third-order valence-electron chi connectivity index (χ3n) is 5.90. The average Bonchev–Trinajstić information content (AvgIpc) is 3.27. The highest BCUT2D eigenvalue weighted by atomic mass is 16.5. The minimum atomic E-state index is -0.903. The molecule has 0 bridgehead atoms. The van der Waals surface area contributed by atoms with Crippen molar-refractivity contribution in [3.63, 3.8) is 0 Å². The van der Waals surface area contributed by atoms with Crippen LogP contribution in [0, 0.1) is 13.8 Å². The molecule has 1 atom stereocenters. The number of aliphatic hydroxyl groups excluding tert-OH is 1. The van der Waals surface area contributed by atoms with Gasteiger partial charge in [-0.05, 0) is 43.2 Å². The van der Waals surface area contributed by atoms with Crippen LogP contribution in [0.5, 0.6) is 11.5 Å². The number of Topliss-reactive ketones (excluding diaryl/α,β-unsaturated/α-hetero) is 1. The third kappa shape index (κ3) is 3.60. The number of likely N-dealkylation sites (tertiary alicyclic amines) is 1. The number of rotatable bonds is 6. The fourth-order valence-electron chi connectivity index (χ4n) is 4.19. The molecule has 3 heterocycles. The maximum Gasteiger partial charge on any atom is 0.295 e. The SMILES string of the molecule is COCCN1C(=O)C(=O)C(=C(O)c2nc3c(C)cccn3c2C)C1c1ccc(O)c(OC)c1. The molecule has 2 aromatic heterocycles. The Labute approximate surface area is 190 Å². The molecule has 1 fully saturated rings. The number of imidazole rings is 1. The molecule has 9 heteroatoms. The number of aliphatic hydroxyl groups is 1. The van der Waals surface area contributed by atoms with Gasteiger partial charge in [-0.25, -0.2) is 4.98 Å². The van der Waals surface area contributed by atoms with Crippen LogP contribution in [-0.4, -0.2) is 63.6 Å². The van der Waals surface area contributed by atoms with Gasteiger partial charge in [-0.1, -0.05) is 12.1 Å². The van der Waals surface area contributed by atoms with Crippen LogP contribution in [0.2, 0.25) is 0 Å². The molecule has 0 spiro atoms. The van der Waals surface area contributed by atoms with Gasteiger partial charge in [0, 0.05) is 19.9 Å². The van der Waals surface area contributed by atoms with E-state index in [1.807, 2.05) is 29.7 Å². The minimum Gasteiger partial charge on any atom is -0.505 e. The fraction of sp³-hybridized carbons (Fsp3) is 0.292. The number of phenols is 1.